The van der Waals surface area contributed by atoms with E-state index in [2.05, 4.69) is 25.9 Å². The molecule has 21 heavy (non-hydrogen) atoms. The Balaban J connectivity index is 2.23. The molecule has 1 aromatic carbocycles. The second-order valence-electron chi connectivity index (χ2n) is 6.54. The summed E-state index contributed by atoms with van der Waals surface area (Å²) in [5.41, 5.74) is 3.04. The molecule has 110 valence electrons. The van der Waals surface area contributed by atoms with E-state index in [0.29, 0.717) is 12.1 Å². The van der Waals surface area contributed by atoms with E-state index in [1.165, 1.54) is 12.1 Å². The van der Waals surface area contributed by atoms with Gasteiger partial charge in [-0.25, -0.2) is 4.39 Å². The molecule has 0 bridgehead atoms. The lowest BCUT2D eigenvalue weighted by Crippen LogP contribution is -2.27. The molecule has 1 aliphatic rings. The normalized spacial score (nSPS) is 15.1. The summed E-state index contributed by atoms with van der Waals surface area (Å²) in [6.07, 6.45) is 2.31. The molecule has 0 atom stereocenters. The van der Waals surface area contributed by atoms with Gasteiger partial charge in [-0.2, -0.15) is 5.10 Å². The van der Waals surface area contributed by atoms with Crippen molar-refractivity contribution < 1.29 is 9.18 Å². The smallest absolute Gasteiger partial charge is 0.166 e. The van der Waals surface area contributed by atoms with Gasteiger partial charge in [-0.05, 0) is 57.9 Å². The highest BCUT2D eigenvalue weighted by Crippen LogP contribution is 2.34. The third-order valence-electron chi connectivity index (χ3n) is 3.83. The van der Waals surface area contributed by atoms with Crippen molar-refractivity contribution in [2.75, 3.05) is 0 Å². The minimum absolute atomic E-state index is 0.145. The molecule has 0 saturated carbocycles. The average molecular weight is 286 g/mol. The Labute approximate surface area is 123 Å². The Hall–Kier alpha value is -1.97. The van der Waals surface area contributed by atoms with Crippen LogP contribution in [-0.4, -0.2) is 15.6 Å². The number of hydrogen-bond donors (Lipinski definition) is 0. The SMILES string of the molecule is CC(C)(C)n1nc(-c2ccc(F)cc2)c2c1CCCC2=O. The summed E-state index contributed by atoms with van der Waals surface area (Å²) < 4.78 is 15.1. The standard InChI is InChI=1S/C17H19FN2O/c1-17(2,3)20-13-5-4-6-14(21)15(13)16(19-20)11-7-9-12(18)10-8-11/h7-10H,4-6H2,1-3H3. The first kappa shape index (κ1) is 14.0. The number of rotatable bonds is 1. The van der Waals surface area contributed by atoms with Gasteiger partial charge in [0.2, 0.25) is 0 Å². The number of nitrogens with zero attached hydrogens (tertiary/aromatic N) is 2. The van der Waals surface area contributed by atoms with Gasteiger partial charge in [-0.1, -0.05) is 0 Å². The topological polar surface area (TPSA) is 34.9 Å². The van der Waals surface area contributed by atoms with Crippen LogP contribution in [0.25, 0.3) is 11.3 Å². The lowest BCUT2D eigenvalue weighted by Gasteiger charge is -2.24. The Morgan fingerprint density at radius 2 is 1.81 bits per heavy atom. The molecule has 0 unspecified atom stereocenters. The average Bonchev–Trinajstić information content (AvgIpc) is 2.80. The zero-order chi connectivity index (χ0) is 15.2. The van der Waals surface area contributed by atoms with E-state index >= 15 is 0 Å². The van der Waals surface area contributed by atoms with Gasteiger partial charge in [0, 0.05) is 12.0 Å². The first-order chi connectivity index (χ1) is 9.88. The highest BCUT2D eigenvalue weighted by atomic mass is 19.1. The van der Waals surface area contributed by atoms with Gasteiger partial charge < -0.3 is 0 Å². The van der Waals surface area contributed by atoms with E-state index in [1.54, 1.807) is 12.1 Å². The second-order valence-corrected chi connectivity index (χ2v) is 6.54. The minimum atomic E-state index is -0.283. The first-order valence-corrected chi connectivity index (χ1v) is 7.29. The number of aromatic nitrogens is 2. The molecule has 3 rings (SSSR count). The monoisotopic (exact) mass is 286 g/mol. The summed E-state index contributed by atoms with van der Waals surface area (Å²) in [6, 6.07) is 6.19. The Morgan fingerprint density at radius 1 is 1.14 bits per heavy atom. The van der Waals surface area contributed by atoms with Crippen molar-refractivity contribution in [3.05, 3.63) is 41.3 Å². The van der Waals surface area contributed by atoms with Crippen LogP contribution in [0.2, 0.25) is 0 Å². The number of hydrogen-bond acceptors (Lipinski definition) is 2. The van der Waals surface area contributed by atoms with Gasteiger partial charge in [0.1, 0.15) is 11.5 Å². The summed E-state index contributed by atoms with van der Waals surface area (Å²) >= 11 is 0. The lowest BCUT2D eigenvalue weighted by molar-refractivity contribution is 0.0971. The second kappa shape index (κ2) is 4.79. The van der Waals surface area contributed by atoms with Crippen molar-refractivity contribution in [1.82, 2.24) is 9.78 Å². The van der Waals surface area contributed by atoms with Crippen LogP contribution in [0.4, 0.5) is 4.39 Å². The summed E-state index contributed by atoms with van der Waals surface area (Å²) in [7, 11) is 0. The predicted octanol–water partition coefficient (Wildman–Crippen LogP) is 3.96. The predicted molar refractivity (Wildman–Crippen MR) is 79.9 cm³/mol. The number of ketones is 1. The molecule has 0 N–H and O–H groups in total. The molecule has 0 aliphatic heterocycles. The third-order valence-corrected chi connectivity index (χ3v) is 3.83. The number of Topliss-reactive ketones (excluding diaryl/α,β-unsaturated/α-hetero) is 1. The van der Waals surface area contributed by atoms with Crippen LogP contribution in [0.1, 0.15) is 49.7 Å². The van der Waals surface area contributed by atoms with Crippen molar-refractivity contribution in [2.24, 2.45) is 0 Å². The number of carbonyl (C=O) groups excluding carboxylic acids is 1. The van der Waals surface area contributed by atoms with Gasteiger partial charge in [-0.3, -0.25) is 9.48 Å². The quantitative estimate of drug-likeness (QED) is 0.795. The molecule has 0 radical (unpaired) electrons. The molecule has 0 spiro atoms. The number of benzene rings is 1. The van der Waals surface area contributed by atoms with Crippen LogP contribution in [0.3, 0.4) is 0 Å². The van der Waals surface area contributed by atoms with Crippen molar-refractivity contribution in [3.63, 3.8) is 0 Å². The van der Waals surface area contributed by atoms with Gasteiger partial charge in [-0.15, -0.1) is 0 Å². The number of fused-ring (bicyclic) bond motifs is 1. The summed E-state index contributed by atoms with van der Waals surface area (Å²) in [6.45, 7) is 6.23. The van der Waals surface area contributed by atoms with E-state index in [9.17, 15) is 9.18 Å². The molecule has 2 aromatic rings. The van der Waals surface area contributed by atoms with Crippen LogP contribution < -0.4 is 0 Å². The van der Waals surface area contributed by atoms with Crippen molar-refractivity contribution >= 4 is 5.78 Å². The summed E-state index contributed by atoms with van der Waals surface area (Å²) in [4.78, 5) is 12.4. The van der Waals surface area contributed by atoms with E-state index in [4.69, 9.17) is 0 Å². The van der Waals surface area contributed by atoms with E-state index in [-0.39, 0.29) is 17.1 Å². The van der Waals surface area contributed by atoms with E-state index in [1.807, 2.05) is 4.68 Å². The van der Waals surface area contributed by atoms with E-state index < -0.39 is 0 Å². The van der Waals surface area contributed by atoms with Gasteiger partial charge >= 0.3 is 0 Å². The molecule has 1 heterocycles. The van der Waals surface area contributed by atoms with Crippen molar-refractivity contribution in [3.8, 4) is 11.3 Å². The first-order valence-electron chi connectivity index (χ1n) is 7.29. The molecule has 4 heteroatoms. The minimum Gasteiger partial charge on any atom is -0.294 e. The van der Waals surface area contributed by atoms with Crippen molar-refractivity contribution in [1.29, 1.82) is 0 Å². The van der Waals surface area contributed by atoms with E-state index in [0.717, 1.165) is 29.7 Å². The molecule has 3 nitrogen and oxygen atoms in total. The summed E-state index contributed by atoms with van der Waals surface area (Å²) in [5, 5.41) is 4.69. The molecular weight excluding hydrogens is 267 g/mol. The Kier molecular flexibility index (Phi) is 3.19. The molecule has 1 aromatic heterocycles. The fourth-order valence-electron chi connectivity index (χ4n) is 2.88. The molecule has 0 fully saturated rings. The van der Waals surface area contributed by atoms with Crippen LogP contribution in [0, 0.1) is 5.82 Å². The van der Waals surface area contributed by atoms with Gasteiger partial charge in [0.05, 0.1) is 16.8 Å². The van der Waals surface area contributed by atoms with Crippen LogP contribution in [0.5, 0.6) is 0 Å². The van der Waals surface area contributed by atoms with Crippen LogP contribution in [-0.2, 0) is 12.0 Å². The zero-order valence-corrected chi connectivity index (χ0v) is 12.6. The van der Waals surface area contributed by atoms with Gasteiger partial charge in [0.15, 0.2) is 5.78 Å². The van der Waals surface area contributed by atoms with Gasteiger partial charge in [0.25, 0.3) is 0 Å². The molecule has 1 aliphatic carbocycles. The zero-order valence-electron chi connectivity index (χ0n) is 12.6. The molecule has 0 saturated heterocycles. The fraction of sp³-hybridized carbons (Fsp3) is 0.412. The largest absolute Gasteiger partial charge is 0.294 e. The molecular formula is C17H19FN2O. The highest BCUT2D eigenvalue weighted by molar-refractivity contribution is 6.03. The third kappa shape index (κ3) is 2.39. The Bertz CT molecular complexity index is 693. The number of halogens is 1. The molecule has 0 amide bonds. The number of carbonyl (C=O) groups is 1. The lowest BCUT2D eigenvalue weighted by atomic mass is 9.91. The maximum atomic E-state index is 13.1. The Morgan fingerprint density at radius 3 is 2.43 bits per heavy atom. The van der Waals surface area contributed by atoms with Crippen molar-refractivity contribution in [2.45, 2.75) is 45.6 Å². The fourth-order valence-corrected chi connectivity index (χ4v) is 2.88. The highest BCUT2D eigenvalue weighted by Gasteiger charge is 2.31. The van der Waals surface area contributed by atoms with Crippen LogP contribution in [0.15, 0.2) is 24.3 Å². The maximum Gasteiger partial charge on any atom is 0.166 e. The summed E-state index contributed by atoms with van der Waals surface area (Å²) in [5.74, 6) is -0.139. The van der Waals surface area contributed by atoms with Crippen LogP contribution >= 0.6 is 0 Å². The maximum absolute atomic E-state index is 13.1.